The van der Waals surface area contributed by atoms with Gasteiger partial charge in [-0.25, -0.2) is 4.98 Å². The Hall–Kier alpha value is -1.29. The molecule has 2 atom stereocenters. The first-order valence-corrected chi connectivity index (χ1v) is 6.35. The number of ether oxygens (including phenoxy) is 1. The highest BCUT2D eigenvalue weighted by Crippen LogP contribution is 2.29. The van der Waals surface area contributed by atoms with Gasteiger partial charge in [-0.05, 0) is 31.4 Å². The Labute approximate surface area is 102 Å². The van der Waals surface area contributed by atoms with E-state index in [0.717, 1.165) is 19.0 Å². The first kappa shape index (κ1) is 10.8. The lowest BCUT2D eigenvalue weighted by Crippen LogP contribution is -2.40. The summed E-state index contributed by atoms with van der Waals surface area (Å²) in [4.78, 5) is 6.60. The molecule has 3 heterocycles. The van der Waals surface area contributed by atoms with Gasteiger partial charge in [0.1, 0.15) is 0 Å². The molecular weight excluding hydrogens is 214 g/mol. The molecule has 17 heavy (non-hydrogen) atoms. The van der Waals surface area contributed by atoms with Crippen LogP contribution in [0, 0.1) is 5.92 Å². The number of pyridine rings is 1. The Kier molecular flexibility index (Phi) is 2.89. The zero-order valence-corrected chi connectivity index (χ0v) is 10.2. The number of nitrogens with zero attached hydrogens (tertiary/aromatic N) is 2. The highest BCUT2D eigenvalue weighted by molar-refractivity contribution is 5.49. The van der Waals surface area contributed by atoms with E-state index >= 15 is 0 Å². The summed E-state index contributed by atoms with van der Waals surface area (Å²) >= 11 is 0. The Morgan fingerprint density at radius 3 is 3.24 bits per heavy atom. The van der Waals surface area contributed by atoms with Crippen molar-refractivity contribution in [3.63, 3.8) is 0 Å². The first-order chi connectivity index (χ1) is 8.36. The molecule has 1 N–H and O–H groups in total. The van der Waals surface area contributed by atoms with Crippen molar-refractivity contribution in [3.8, 4) is 5.88 Å². The van der Waals surface area contributed by atoms with Crippen LogP contribution >= 0.6 is 0 Å². The van der Waals surface area contributed by atoms with Crippen LogP contribution in [0.25, 0.3) is 0 Å². The summed E-state index contributed by atoms with van der Waals surface area (Å²) in [7, 11) is 1.66. The second-order valence-corrected chi connectivity index (χ2v) is 4.92. The third kappa shape index (κ3) is 2.09. The van der Waals surface area contributed by atoms with E-state index in [-0.39, 0.29) is 0 Å². The maximum absolute atomic E-state index is 5.18. The molecule has 2 unspecified atom stereocenters. The van der Waals surface area contributed by atoms with Gasteiger partial charge < -0.3 is 15.0 Å². The number of rotatable bonds is 2. The van der Waals surface area contributed by atoms with Gasteiger partial charge in [-0.2, -0.15) is 0 Å². The lowest BCUT2D eigenvalue weighted by molar-refractivity contribution is 0.340. The number of hydrogen-bond donors (Lipinski definition) is 1. The van der Waals surface area contributed by atoms with Crippen LogP contribution in [0.2, 0.25) is 0 Å². The van der Waals surface area contributed by atoms with E-state index in [0.29, 0.717) is 11.9 Å². The van der Waals surface area contributed by atoms with E-state index in [1.165, 1.54) is 25.1 Å². The highest BCUT2D eigenvalue weighted by Gasteiger charge is 2.34. The SMILES string of the molecule is COc1cc(N2CC3CCCNC3C2)ccn1. The highest BCUT2D eigenvalue weighted by atomic mass is 16.5. The van der Waals surface area contributed by atoms with Crippen LogP contribution in [0.4, 0.5) is 5.69 Å². The minimum atomic E-state index is 0.669. The Balaban J connectivity index is 1.76. The number of methoxy groups -OCH3 is 1. The summed E-state index contributed by atoms with van der Waals surface area (Å²) in [6.07, 6.45) is 4.49. The fraction of sp³-hybridized carbons (Fsp3) is 0.615. The van der Waals surface area contributed by atoms with E-state index in [2.05, 4.69) is 21.3 Å². The monoisotopic (exact) mass is 233 g/mol. The number of aromatic nitrogens is 1. The average Bonchev–Trinajstić information content (AvgIpc) is 2.82. The molecule has 1 aromatic heterocycles. The molecular formula is C13H19N3O. The van der Waals surface area contributed by atoms with Gasteiger partial charge in [0.05, 0.1) is 7.11 Å². The molecule has 4 nitrogen and oxygen atoms in total. The van der Waals surface area contributed by atoms with Crippen molar-refractivity contribution in [1.29, 1.82) is 0 Å². The summed E-state index contributed by atoms with van der Waals surface area (Å²) in [6, 6.07) is 4.76. The second kappa shape index (κ2) is 4.53. The van der Waals surface area contributed by atoms with Crippen molar-refractivity contribution < 1.29 is 4.74 Å². The maximum Gasteiger partial charge on any atom is 0.214 e. The summed E-state index contributed by atoms with van der Waals surface area (Å²) in [5.74, 6) is 1.51. The summed E-state index contributed by atoms with van der Waals surface area (Å²) in [5.41, 5.74) is 1.23. The Morgan fingerprint density at radius 1 is 1.47 bits per heavy atom. The molecule has 4 heteroatoms. The normalized spacial score (nSPS) is 27.9. The lowest BCUT2D eigenvalue weighted by Gasteiger charge is -2.24. The predicted octanol–water partition coefficient (Wildman–Crippen LogP) is 1.28. The van der Waals surface area contributed by atoms with Gasteiger partial charge in [-0.3, -0.25) is 0 Å². The van der Waals surface area contributed by atoms with Gasteiger partial charge in [-0.1, -0.05) is 0 Å². The fourth-order valence-corrected chi connectivity index (χ4v) is 2.96. The van der Waals surface area contributed by atoms with Gasteiger partial charge in [-0.15, -0.1) is 0 Å². The third-order valence-corrected chi connectivity index (χ3v) is 3.89. The first-order valence-electron chi connectivity index (χ1n) is 6.35. The van der Waals surface area contributed by atoms with Crippen LogP contribution in [0.3, 0.4) is 0 Å². The van der Waals surface area contributed by atoms with Crippen LogP contribution in [0.1, 0.15) is 12.8 Å². The summed E-state index contributed by atoms with van der Waals surface area (Å²) in [5, 5.41) is 3.62. The molecule has 2 fully saturated rings. The smallest absolute Gasteiger partial charge is 0.214 e. The van der Waals surface area contributed by atoms with Gasteiger partial charge in [0.15, 0.2) is 0 Å². The molecule has 92 valence electrons. The van der Waals surface area contributed by atoms with E-state index in [4.69, 9.17) is 4.74 Å². The van der Waals surface area contributed by atoms with Crippen molar-refractivity contribution in [1.82, 2.24) is 10.3 Å². The van der Waals surface area contributed by atoms with Crippen LogP contribution in [0.15, 0.2) is 18.3 Å². The maximum atomic E-state index is 5.18. The van der Waals surface area contributed by atoms with Crippen LogP contribution in [0.5, 0.6) is 5.88 Å². The van der Waals surface area contributed by atoms with Crippen molar-refractivity contribution >= 4 is 5.69 Å². The second-order valence-electron chi connectivity index (χ2n) is 4.92. The van der Waals surface area contributed by atoms with E-state index in [1.54, 1.807) is 7.11 Å². The molecule has 0 spiro atoms. The molecule has 0 bridgehead atoms. The largest absolute Gasteiger partial charge is 0.481 e. The summed E-state index contributed by atoms with van der Waals surface area (Å²) < 4.78 is 5.18. The molecule has 2 saturated heterocycles. The molecule has 2 aliphatic heterocycles. The van der Waals surface area contributed by atoms with Crippen molar-refractivity contribution in [2.45, 2.75) is 18.9 Å². The molecule has 0 aromatic carbocycles. The average molecular weight is 233 g/mol. The molecule has 1 aromatic rings. The zero-order valence-electron chi connectivity index (χ0n) is 10.2. The van der Waals surface area contributed by atoms with E-state index < -0.39 is 0 Å². The molecule has 2 aliphatic rings. The Bertz CT molecular complexity index is 382. The molecule has 0 radical (unpaired) electrons. The van der Waals surface area contributed by atoms with Gasteiger partial charge in [0.25, 0.3) is 0 Å². The van der Waals surface area contributed by atoms with Crippen LogP contribution in [-0.4, -0.2) is 37.8 Å². The Morgan fingerprint density at radius 2 is 2.41 bits per heavy atom. The van der Waals surface area contributed by atoms with E-state index in [1.807, 2.05) is 12.3 Å². The van der Waals surface area contributed by atoms with Crippen molar-refractivity contribution in [2.75, 3.05) is 31.6 Å². The molecule has 0 amide bonds. The molecule has 0 saturated carbocycles. The standard InChI is InChI=1S/C13H19N3O/c1-17-13-7-11(4-6-15-13)16-8-10-3-2-5-14-12(10)9-16/h4,6-7,10,12,14H,2-3,5,8-9H2,1H3. The van der Waals surface area contributed by atoms with Crippen LogP contribution < -0.4 is 15.0 Å². The number of hydrogen-bond acceptors (Lipinski definition) is 4. The van der Waals surface area contributed by atoms with Gasteiger partial charge in [0, 0.05) is 37.1 Å². The quantitative estimate of drug-likeness (QED) is 0.835. The molecule has 0 aliphatic carbocycles. The fourth-order valence-electron chi connectivity index (χ4n) is 2.96. The number of fused-ring (bicyclic) bond motifs is 1. The zero-order chi connectivity index (χ0) is 11.7. The van der Waals surface area contributed by atoms with Gasteiger partial charge in [0.2, 0.25) is 5.88 Å². The third-order valence-electron chi connectivity index (χ3n) is 3.89. The van der Waals surface area contributed by atoms with Gasteiger partial charge >= 0.3 is 0 Å². The van der Waals surface area contributed by atoms with E-state index in [9.17, 15) is 0 Å². The molecule has 3 rings (SSSR count). The minimum Gasteiger partial charge on any atom is -0.481 e. The minimum absolute atomic E-state index is 0.669. The summed E-state index contributed by atoms with van der Waals surface area (Å²) in [6.45, 7) is 3.44. The number of anilines is 1. The number of nitrogens with one attached hydrogen (secondary N) is 1. The van der Waals surface area contributed by atoms with Crippen molar-refractivity contribution in [2.24, 2.45) is 5.92 Å². The lowest BCUT2D eigenvalue weighted by atomic mass is 9.94. The van der Waals surface area contributed by atoms with Crippen LogP contribution in [-0.2, 0) is 0 Å². The predicted molar refractivity (Wildman–Crippen MR) is 67.5 cm³/mol. The topological polar surface area (TPSA) is 37.4 Å². The van der Waals surface area contributed by atoms with Crippen molar-refractivity contribution in [3.05, 3.63) is 18.3 Å². The number of piperidine rings is 1.